The fourth-order valence-corrected chi connectivity index (χ4v) is 2.79. The average Bonchev–Trinajstić information content (AvgIpc) is 2.82. The fourth-order valence-electron chi connectivity index (χ4n) is 2.79. The van der Waals surface area contributed by atoms with E-state index in [-0.39, 0.29) is 13.0 Å². The maximum atomic E-state index is 13.1. The lowest BCUT2D eigenvalue weighted by atomic mass is 10.0. The third-order valence-electron chi connectivity index (χ3n) is 4.27. The quantitative estimate of drug-likeness (QED) is 0.567. The predicted octanol–water partition coefficient (Wildman–Crippen LogP) is 3.23. The molecule has 0 aliphatic carbocycles. The second-order valence-corrected chi connectivity index (χ2v) is 7.25. The summed E-state index contributed by atoms with van der Waals surface area (Å²) in [5.74, 6) is -2.28. The van der Waals surface area contributed by atoms with E-state index in [1.54, 1.807) is 50.2 Å². The number of amides is 2. The van der Waals surface area contributed by atoms with Gasteiger partial charge in [-0.25, -0.2) is 9.59 Å². The summed E-state index contributed by atoms with van der Waals surface area (Å²) in [7, 11) is 1.09. The molecule has 0 bridgehead atoms. The summed E-state index contributed by atoms with van der Waals surface area (Å²) < 4.78 is 26.7. The van der Waals surface area contributed by atoms with Gasteiger partial charge in [0.2, 0.25) is 5.91 Å². The maximum Gasteiger partial charge on any atom is 0.408 e. The minimum Gasteiger partial charge on any atom is -0.467 e. The summed E-state index contributed by atoms with van der Waals surface area (Å²) in [4.78, 5) is 37.9. The molecule has 7 heteroatoms. The third kappa shape index (κ3) is 8.50. The van der Waals surface area contributed by atoms with Crippen molar-refractivity contribution in [3.63, 3.8) is 0 Å². The van der Waals surface area contributed by atoms with E-state index < -0.39 is 42.3 Å². The average molecular weight is 429 g/mol. The molecular weight excluding hydrogens is 396 g/mol. The summed E-state index contributed by atoms with van der Waals surface area (Å²) in [6, 6.07) is 14.5. The number of esters is 1. The Kier molecular flexibility index (Phi) is 8.34. The molecule has 0 fully saturated rings. The molecule has 31 heavy (non-hydrogen) atoms. The summed E-state index contributed by atoms with van der Waals surface area (Å²) in [5, 5.41) is 4.83. The van der Waals surface area contributed by atoms with Crippen molar-refractivity contribution in [1.29, 1.82) is 0 Å². The number of carbonyl (C=O) groups is 3. The maximum absolute atomic E-state index is 13.1. The van der Waals surface area contributed by atoms with Crippen molar-refractivity contribution >= 4 is 18.0 Å². The van der Waals surface area contributed by atoms with Gasteiger partial charge in [-0.1, -0.05) is 74.5 Å². The molecule has 0 aliphatic heterocycles. The molecule has 7 nitrogen and oxygen atoms in total. The Labute approximate surface area is 185 Å². The smallest absolute Gasteiger partial charge is 0.408 e. The Balaban J connectivity index is 2.19. The van der Waals surface area contributed by atoms with Gasteiger partial charge in [-0.2, -0.15) is 0 Å². The van der Waals surface area contributed by atoms with Gasteiger partial charge in [0.15, 0.2) is 0 Å². The van der Waals surface area contributed by atoms with Crippen molar-refractivity contribution < 1.29 is 26.6 Å². The molecule has 2 N–H and O–H groups in total. The first-order chi connectivity index (χ1) is 15.7. The Morgan fingerprint density at radius 3 is 2.10 bits per heavy atom. The number of methoxy groups -OCH3 is 1. The first kappa shape index (κ1) is 20.9. The minimum atomic E-state index is -2.34. The Morgan fingerprint density at radius 2 is 1.55 bits per heavy atom. The molecule has 166 valence electrons. The van der Waals surface area contributed by atoms with Crippen molar-refractivity contribution in [2.75, 3.05) is 7.11 Å². The molecule has 2 aromatic carbocycles. The van der Waals surface area contributed by atoms with E-state index in [9.17, 15) is 14.4 Å². The van der Waals surface area contributed by atoms with Crippen molar-refractivity contribution in [3.8, 4) is 0 Å². The van der Waals surface area contributed by atoms with Gasteiger partial charge >= 0.3 is 12.1 Å². The number of ether oxygens (including phenoxy) is 2. The standard InChI is InChI=1S/C24H30N2O5/c1-17(2)14-21(23(28)30-3)25-22(27)20(15-18-10-6-4-7-11-18)26-24(29)31-16-19-12-8-5-9-13-19/h4-13,17,20-21H,14-16H2,1-3H3,(H,25,27)(H,26,29)/t20-,21-/m0/s1/i14D,21D/t14-,20+,21+/m1. The van der Waals surface area contributed by atoms with Crippen molar-refractivity contribution in [2.45, 2.75) is 45.3 Å². The van der Waals surface area contributed by atoms with Crippen molar-refractivity contribution in [1.82, 2.24) is 10.6 Å². The van der Waals surface area contributed by atoms with Gasteiger partial charge in [-0.3, -0.25) is 4.79 Å². The van der Waals surface area contributed by atoms with Crippen molar-refractivity contribution in [2.24, 2.45) is 5.92 Å². The summed E-state index contributed by atoms with van der Waals surface area (Å²) in [6.45, 7) is 3.34. The van der Waals surface area contributed by atoms with Crippen LogP contribution in [0.3, 0.4) is 0 Å². The molecule has 0 radical (unpaired) electrons. The number of carbonyl (C=O) groups excluding carboxylic acids is 3. The minimum absolute atomic E-state index is 0.0129. The summed E-state index contributed by atoms with van der Waals surface area (Å²) in [6.07, 6.45) is -2.03. The number of alkyl carbamates (subject to hydrolysis) is 1. The van der Waals surface area contributed by atoms with Gasteiger partial charge in [-0.15, -0.1) is 0 Å². The van der Waals surface area contributed by atoms with Gasteiger partial charge in [0.05, 0.1) is 8.48 Å². The normalized spacial score (nSPS) is 15.5. The van der Waals surface area contributed by atoms with E-state index in [0.717, 1.165) is 18.2 Å². The van der Waals surface area contributed by atoms with Crippen molar-refractivity contribution in [3.05, 3.63) is 71.8 Å². The van der Waals surface area contributed by atoms with Gasteiger partial charge in [0, 0.05) is 7.79 Å². The zero-order chi connectivity index (χ0) is 24.4. The number of hydrogen-bond acceptors (Lipinski definition) is 5. The molecule has 3 atom stereocenters. The highest BCUT2D eigenvalue weighted by Gasteiger charge is 2.28. The predicted molar refractivity (Wildman–Crippen MR) is 117 cm³/mol. The number of hydrogen-bond donors (Lipinski definition) is 2. The van der Waals surface area contributed by atoms with E-state index in [0.29, 0.717) is 0 Å². The van der Waals surface area contributed by atoms with Gasteiger partial charge in [-0.05, 0) is 23.4 Å². The number of nitrogens with one attached hydrogen (secondary N) is 2. The van der Waals surface area contributed by atoms with Crippen LogP contribution in [-0.2, 0) is 32.1 Å². The van der Waals surface area contributed by atoms with Crippen LogP contribution in [0.15, 0.2) is 60.7 Å². The van der Waals surface area contributed by atoms with Crippen LogP contribution in [0.25, 0.3) is 0 Å². The van der Waals surface area contributed by atoms with Crippen LogP contribution in [0.1, 0.15) is 34.1 Å². The van der Waals surface area contributed by atoms with Gasteiger partial charge in [0.1, 0.15) is 18.7 Å². The van der Waals surface area contributed by atoms with Crippen LogP contribution < -0.4 is 10.6 Å². The summed E-state index contributed by atoms with van der Waals surface area (Å²) >= 11 is 0. The molecule has 0 saturated heterocycles. The molecule has 2 amide bonds. The van der Waals surface area contributed by atoms with Crippen LogP contribution in [-0.4, -0.2) is 37.1 Å². The third-order valence-corrected chi connectivity index (χ3v) is 4.27. The van der Waals surface area contributed by atoms with E-state index >= 15 is 0 Å². The Hall–Kier alpha value is -3.35. The molecule has 0 saturated carbocycles. The Morgan fingerprint density at radius 1 is 0.968 bits per heavy atom. The number of benzene rings is 2. The Bertz CT molecular complexity index is 927. The second-order valence-electron chi connectivity index (χ2n) is 7.25. The monoisotopic (exact) mass is 428 g/mol. The van der Waals surface area contributed by atoms with Gasteiger partial charge in [0.25, 0.3) is 0 Å². The fraction of sp³-hybridized carbons (Fsp3) is 0.375. The molecule has 0 aromatic heterocycles. The first-order valence-electron chi connectivity index (χ1n) is 11.1. The van der Waals surface area contributed by atoms with E-state index in [1.807, 2.05) is 24.3 Å². The molecule has 0 aliphatic rings. The van der Waals surface area contributed by atoms with Crippen LogP contribution in [0.5, 0.6) is 0 Å². The highest BCUT2D eigenvalue weighted by atomic mass is 16.5. The highest BCUT2D eigenvalue weighted by molar-refractivity contribution is 5.89. The van der Waals surface area contributed by atoms with E-state index in [4.69, 9.17) is 7.48 Å². The zero-order valence-corrected chi connectivity index (χ0v) is 18.0. The van der Waals surface area contributed by atoms with E-state index in [1.165, 1.54) is 0 Å². The lowest BCUT2D eigenvalue weighted by Crippen LogP contribution is -2.53. The molecular formula is C24H30N2O5. The zero-order valence-electron chi connectivity index (χ0n) is 20.0. The SMILES string of the molecule is [2H][C@H](C(C)C)[C@]([2H])(NC(=O)[C@H](Cc1ccccc1)NC(=O)OCc1ccccc1)C(=O)OC. The summed E-state index contributed by atoms with van der Waals surface area (Å²) in [5.41, 5.74) is 1.53. The van der Waals surface area contributed by atoms with Crippen LogP contribution >= 0.6 is 0 Å². The molecule has 2 aromatic rings. The topological polar surface area (TPSA) is 93.7 Å². The van der Waals surface area contributed by atoms with Crippen LogP contribution in [0.4, 0.5) is 4.79 Å². The molecule has 0 heterocycles. The molecule has 0 unspecified atom stereocenters. The van der Waals surface area contributed by atoms with Gasteiger partial charge < -0.3 is 20.1 Å². The largest absolute Gasteiger partial charge is 0.467 e. The second kappa shape index (κ2) is 12.4. The van der Waals surface area contributed by atoms with E-state index in [2.05, 4.69) is 15.4 Å². The molecule has 2 rings (SSSR count). The lowest BCUT2D eigenvalue weighted by molar-refractivity contribution is -0.145. The van der Waals surface area contributed by atoms with Crippen LogP contribution in [0, 0.1) is 5.92 Å². The highest BCUT2D eigenvalue weighted by Crippen LogP contribution is 2.09. The lowest BCUT2D eigenvalue weighted by Gasteiger charge is -2.23. The first-order valence-corrected chi connectivity index (χ1v) is 10.0. The van der Waals surface area contributed by atoms with Crippen LogP contribution in [0.2, 0.25) is 0 Å². The number of rotatable bonds is 10. The molecule has 0 spiro atoms.